The van der Waals surface area contributed by atoms with Crippen molar-refractivity contribution in [1.29, 1.82) is 0 Å². The maximum atomic E-state index is 13.2. The number of ether oxygens (including phenoxy) is 1. The molecule has 0 radical (unpaired) electrons. The number of hydrogen-bond donors (Lipinski definition) is 1. The minimum Gasteiger partial charge on any atom is -0.384 e. The van der Waals surface area contributed by atoms with Gasteiger partial charge in [-0.05, 0) is 37.3 Å². The first-order valence-electron chi connectivity index (χ1n) is 10.5. The van der Waals surface area contributed by atoms with Gasteiger partial charge in [0.1, 0.15) is 5.82 Å². The van der Waals surface area contributed by atoms with Gasteiger partial charge in [0, 0.05) is 45.2 Å². The highest BCUT2D eigenvalue weighted by molar-refractivity contribution is 6.00. The normalized spacial score (nSPS) is 20.1. The number of nitrogens with zero attached hydrogens (tertiary/aromatic N) is 4. The smallest absolute Gasteiger partial charge is 0.256 e. The summed E-state index contributed by atoms with van der Waals surface area (Å²) in [5.41, 5.74) is 3.08. The fourth-order valence-electron chi connectivity index (χ4n) is 4.51. The second-order valence-corrected chi connectivity index (χ2v) is 7.91. The molecule has 7 nitrogen and oxygen atoms in total. The number of aromatic nitrogens is 3. The maximum Gasteiger partial charge on any atom is 0.256 e. The van der Waals surface area contributed by atoms with E-state index < -0.39 is 0 Å². The highest BCUT2D eigenvalue weighted by Crippen LogP contribution is 2.28. The number of para-hydroxylation sites is 1. The molecule has 0 aliphatic carbocycles. The molecule has 0 unspecified atom stereocenters. The molecule has 1 fully saturated rings. The quantitative estimate of drug-likeness (QED) is 0.864. The van der Waals surface area contributed by atoms with Gasteiger partial charge in [-0.25, -0.2) is 9.67 Å². The molecule has 1 N–H and O–H groups in total. The molecule has 3 aliphatic heterocycles. The lowest BCUT2D eigenvalue weighted by Gasteiger charge is -2.25. The standard InChI is InChI=1S/C21H27N5O2/c27-21(17-5-1-3-15-4-2-9-22-19(15)17)25-10-6-18-23-20(24-26(18)12-11-25)16-7-13-28-14-8-16/h1,3,5,16,22H,2,4,6-14H2. The van der Waals surface area contributed by atoms with E-state index in [1.807, 2.05) is 21.7 Å². The Labute approximate surface area is 165 Å². The van der Waals surface area contributed by atoms with Crippen molar-refractivity contribution < 1.29 is 9.53 Å². The second-order valence-electron chi connectivity index (χ2n) is 7.91. The molecule has 7 heteroatoms. The van der Waals surface area contributed by atoms with Gasteiger partial charge < -0.3 is 15.0 Å². The summed E-state index contributed by atoms with van der Waals surface area (Å²) in [4.78, 5) is 20.0. The van der Waals surface area contributed by atoms with Gasteiger partial charge in [0.15, 0.2) is 5.82 Å². The van der Waals surface area contributed by atoms with Crippen molar-refractivity contribution in [1.82, 2.24) is 19.7 Å². The molecular weight excluding hydrogens is 354 g/mol. The van der Waals surface area contributed by atoms with Crippen LogP contribution in [0, 0.1) is 0 Å². The Kier molecular flexibility index (Phi) is 4.76. The largest absolute Gasteiger partial charge is 0.384 e. The molecule has 1 amide bonds. The van der Waals surface area contributed by atoms with Crippen molar-refractivity contribution in [2.75, 3.05) is 38.2 Å². The number of amides is 1. The van der Waals surface area contributed by atoms with Crippen LogP contribution in [0.3, 0.4) is 0 Å². The monoisotopic (exact) mass is 381 g/mol. The molecular formula is C21H27N5O2. The Bertz CT molecular complexity index is 846. The van der Waals surface area contributed by atoms with Crippen molar-refractivity contribution in [2.24, 2.45) is 0 Å². The molecule has 1 aromatic heterocycles. The van der Waals surface area contributed by atoms with Crippen molar-refractivity contribution >= 4 is 11.6 Å². The Morgan fingerprint density at radius 3 is 2.93 bits per heavy atom. The van der Waals surface area contributed by atoms with Crippen molar-refractivity contribution in [3.8, 4) is 0 Å². The van der Waals surface area contributed by atoms with Crippen LogP contribution in [0.1, 0.15) is 52.8 Å². The molecule has 148 valence electrons. The van der Waals surface area contributed by atoms with Crippen LogP contribution in [0.15, 0.2) is 18.2 Å². The maximum absolute atomic E-state index is 13.2. The fraction of sp³-hybridized carbons (Fsp3) is 0.571. The molecule has 5 rings (SSSR count). The van der Waals surface area contributed by atoms with Gasteiger partial charge in [-0.1, -0.05) is 12.1 Å². The van der Waals surface area contributed by atoms with E-state index >= 15 is 0 Å². The summed E-state index contributed by atoms with van der Waals surface area (Å²) in [5.74, 6) is 2.49. The van der Waals surface area contributed by atoms with Crippen molar-refractivity contribution in [3.63, 3.8) is 0 Å². The topological polar surface area (TPSA) is 72.3 Å². The zero-order chi connectivity index (χ0) is 18.9. The van der Waals surface area contributed by atoms with E-state index in [0.29, 0.717) is 25.6 Å². The van der Waals surface area contributed by atoms with Crippen LogP contribution in [0.5, 0.6) is 0 Å². The van der Waals surface area contributed by atoms with Crippen molar-refractivity contribution in [3.05, 3.63) is 41.0 Å². The zero-order valence-electron chi connectivity index (χ0n) is 16.2. The first-order chi connectivity index (χ1) is 13.8. The summed E-state index contributed by atoms with van der Waals surface area (Å²) in [5, 5.41) is 8.21. The summed E-state index contributed by atoms with van der Waals surface area (Å²) in [6.07, 6.45) is 4.92. The number of anilines is 1. The number of nitrogens with one attached hydrogen (secondary N) is 1. The van der Waals surface area contributed by atoms with Gasteiger partial charge in [-0.15, -0.1) is 0 Å². The zero-order valence-corrected chi connectivity index (χ0v) is 16.2. The van der Waals surface area contributed by atoms with E-state index in [1.165, 1.54) is 5.56 Å². The number of fused-ring (bicyclic) bond motifs is 2. The molecule has 4 heterocycles. The molecule has 0 bridgehead atoms. The molecule has 0 spiro atoms. The van der Waals surface area contributed by atoms with Crippen LogP contribution in [0.4, 0.5) is 5.69 Å². The number of benzene rings is 1. The SMILES string of the molecule is O=C(c1cccc2c1NCCC2)N1CCc2nc(C3CCOCC3)nn2CC1. The number of carbonyl (C=O) groups is 1. The van der Waals surface area contributed by atoms with E-state index in [2.05, 4.69) is 11.4 Å². The van der Waals surface area contributed by atoms with Gasteiger partial charge in [-0.3, -0.25) is 4.79 Å². The molecule has 0 atom stereocenters. The predicted octanol–water partition coefficient (Wildman–Crippen LogP) is 2.23. The minimum atomic E-state index is 0.113. The Balaban J connectivity index is 1.31. The fourth-order valence-corrected chi connectivity index (χ4v) is 4.51. The highest BCUT2D eigenvalue weighted by Gasteiger charge is 2.27. The van der Waals surface area contributed by atoms with E-state index in [1.54, 1.807) is 0 Å². The number of hydrogen-bond acceptors (Lipinski definition) is 5. The van der Waals surface area contributed by atoms with Crippen molar-refractivity contribution in [2.45, 2.75) is 44.6 Å². The van der Waals surface area contributed by atoms with E-state index in [4.69, 9.17) is 14.8 Å². The lowest BCUT2D eigenvalue weighted by atomic mass is 9.98. The summed E-state index contributed by atoms with van der Waals surface area (Å²) >= 11 is 0. The lowest BCUT2D eigenvalue weighted by Crippen LogP contribution is -2.34. The molecule has 1 saturated heterocycles. The Morgan fingerprint density at radius 2 is 2.04 bits per heavy atom. The van der Waals surface area contributed by atoms with Crippen LogP contribution in [-0.2, 0) is 24.1 Å². The number of aryl methyl sites for hydroxylation is 1. The first-order valence-corrected chi connectivity index (χ1v) is 10.5. The average Bonchev–Trinajstić information content (AvgIpc) is 3.06. The summed E-state index contributed by atoms with van der Waals surface area (Å²) < 4.78 is 7.46. The molecule has 3 aliphatic rings. The third-order valence-electron chi connectivity index (χ3n) is 6.13. The van der Waals surface area contributed by atoms with E-state index in [0.717, 1.165) is 74.8 Å². The predicted molar refractivity (Wildman–Crippen MR) is 106 cm³/mol. The third kappa shape index (κ3) is 3.28. The first kappa shape index (κ1) is 17.7. The Hall–Kier alpha value is -2.41. The van der Waals surface area contributed by atoms with E-state index in [9.17, 15) is 4.79 Å². The van der Waals surface area contributed by atoms with Gasteiger partial charge in [-0.2, -0.15) is 5.10 Å². The molecule has 0 saturated carbocycles. The number of carbonyl (C=O) groups excluding carboxylic acids is 1. The van der Waals surface area contributed by atoms with E-state index in [-0.39, 0.29) is 5.91 Å². The van der Waals surface area contributed by atoms with Crippen LogP contribution < -0.4 is 5.32 Å². The molecule has 28 heavy (non-hydrogen) atoms. The number of rotatable bonds is 2. The van der Waals surface area contributed by atoms with Gasteiger partial charge in [0.2, 0.25) is 0 Å². The highest BCUT2D eigenvalue weighted by atomic mass is 16.5. The van der Waals surface area contributed by atoms with Gasteiger partial charge >= 0.3 is 0 Å². The lowest BCUT2D eigenvalue weighted by molar-refractivity contribution is 0.0757. The Morgan fingerprint density at radius 1 is 1.14 bits per heavy atom. The summed E-state index contributed by atoms with van der Waals surface area (Å²) in [7, 11) is 0. The van der Waals surface area contributed by atoms with Crippen LogP contribution in [0.25, 0.3) is 0 Å². The van der Waals surface area contributed by atoms with Gasteiger partial charge in [0.25, 0.3) is 5.91 Å². The minimum absolute atomic E-state index is 0.113. The van der Waals surface area contributed by atoms with Crippen LogP contribution in [0.2, 0.25) is 0 Å². The third-order valence-corrected chi connectivity index (χ3v) is 6.13. The van der Waals surface area contributed by atoms with Crippen LogP contribution in [-0.4, -0.2) is 58.4 Å². The summed E-state index contributed by atoms with van der Waals surface area (Å²) in [6, 6.07) is 6.08. The molecule has 1 aromatic carbocycles. The molecule has 2 aromatic rings. The second kappa shape index (κ2) is 7.54. The summed E-state index contributed by atoms with van der Waals surface area (Å²) in [6.45, 7) is 4.60. The van der Waals surface area contributed by atoms with Gasteiger partial charge in [0.05, 0.1) is 17.8 Å². The average molecular weight is 381 g/mol. The van der Waals surface area contributed by atoms with Crippen LogP contribution >= 0.6 is 0 Å².